The molecule has 0 aliphatic carbocycles. The van der Waals surface area contributed by atoms with E-state index < -0.39 is 0 Å². The van der Waals surface area contributed by atoms with Crippen molar-refractivity contribution in [3.8, 4) is 11.5 Å². The quantitative estimate of drug-likeness (QED) is 0.804. The fraction of sp³-hybridized carbons (Fsp3) is 0.294. The van der Waals surface area contributed by atoms with E-state index in [4.69, 9.17) is 10.5 Å². The SMILES string of the molecule is CSc1cccc(Oc2cccc(C(C)C)c2)c1CN. The first-order valence-corrected chi connectivity index (χ1v) is 8.02. The number of rotatable bonds is 5. The molecule has 0 aromatic heterocycles. The summed E-state index contributed by atoms with van der Waals surface area (Å²) in [4.78, 5) is 1.17. The molecule has 2 rings (SSSR count). The second-order valence-corrected chi connectivity index (χ2v) is 5.82. The fourth-order valence-corrected chi connectivity index (χ4v) is 2.74. The molecule has 20 heavy (non-hydrogen) atoms. The van der Waals surface area contributed by atoms with Crippen molar-refractivity contribution in [2.24, 2.45) is 5.73 Å². The number of benzene rings is 2. The molecule has 0 spiro atoms. The molecule has 2 aromatic rings. The lowest BCUT2D eigenvalue weighted by molar-refractivity contribution is 0.473. The van der Waals surface area contributed by atoms with Crippen LogP contribution in [0.3, 0.4) is 0 Å². The van der Waals surface area contributed by atoms with Crippen molar-refractivity contribution in [3.05, 3.63) is 53.6 Å². The summed E-state index contributed by atoms with van der Waals surface area (Å²) in [7, 11) is 0. The maximum Gasteiger partial charge on any atom is 0.133 e. The van der Waals surface area contributed by atoms with Crippen LogP contribution < -0.4 is 10.5 Å². The van der Waals surface area contributed by atoms with E-state index in [1.165, 1.54) is 10.5 Å². The number of thioether (sulfide) groups is 1. The molecule has 0 unspecified atom stereocenters. The zero-order valence-electron chi connectivity index (χ0n) is 12.2. The standard InChI is InChI=1S/C17H21NOS/c1-12(2)13-6-4-7-14(10-13)19-16-8-5-9-17(20-3)15(16)11-18/h4-10,12H,11,18H2,1-3H3. The van der Waals surface area contributed by atoms with Crippen molar-refractivity contribution in [1.82, 2.24) is 0 Å². The van der Waals surface area contributed by atoms with Gasteiger partial charge in [-0.15, -0.1) is 11.8 Å². The molecule has 0 fully saturated rings. The van der Waals surface area contributed by atoms with Gasteiger partial charge in [-0.25, -0.2) is 0 Å². The van der Waals surface area contributed by atoms with Crippen LogP contribution in [0.1, 0.15) is 30.9 Å². The van der Waals surface area contributed by atoms with Gasteiger partial charge in [-0.05, 0) is 42.0 Å². The predicted octanol–water partition coefficient (Wildman–Crippen LogP) is 4.78. The van der Waals surface area contributed by atoms with E-state index in [-0.39, 0.29) is 0 Å². The van der Waals surface area contributed by atoms with Gasteiger partial charge in [0.05, 0.1) is 0 Å². The van der Waals surface area contributed by atoms with Crippen LogP contribution in [0.4, 0.5) is 0 Å². The normalized spacial score (nSPS) is 10.8. The average Bonchev–Trinajstić information content (AvgIpc) is 2.47. The molecule has 0 radical (unpaired) electrons. The molecule has 0 saturated carbocycles. The van der Waals surface area contributed by atoms with E-state index in [0.29, 0.717) is 12.5 Å². The third-order valence-corrected chi connectivity index (χ3v) is 4.09. The summed E-state index contributed by atoms with van der Waals surface area (Å²) in [6, 6.07) is 14.3. The van der Waals surface area contributed by atoms with Gasteiger partial charge in [-0.3, -0.25) is 0 Å². The highest BCUT2D eigenvalue weighted by Crippen LogP contribution is 2.32. The summed E-state index contributed by atoms with van der Waals surface area (Å²) in [5.41, 5.74) is 8.21. The van der Waals surface area contributed by atoms with Crippen LogP contribution in [0.15, 0.2) is 47.4 Å². The highest BCUT2D eigenvalue weighted by Gasteiger charge is 2.09. The molecule has 0 bridgehead atoms. The molecule has 0 amide bonds. The van der Waals surface area contributed by atoms with E-state index in [1.807, 2.05) is 24.3 Å². The summed E-state index contributed by atoms with van der Waals surface area (Å²) >= 11 is 1.69. The number of hydrogen-bond acceptors (Lipinski definition) is 3. The third kappa shape index (κ3) is 3.35. The Hall–Kier alpha value is -1.45. The Labute approximate surface area is 125 Å². The van der Waals surface area contributed by atoms with Crippen LogP contribution >= 0.6 is 11.8 Å². The molecular formula is C17H21NOS. The van der Waals surface area contributed by atoms with E-state index in [0.717, 1.165) is 17.1 Å². The van der Waals surface area contributed by atoms with Gasteiger partial charge < -0.3 is 10.5 Å². The minimum Gasteiger partial charge on any atom is -0.457 e. The van der Waals surface area contributed by atoms with Gasteiger partial charge in [0.1, 0.15) is 11.5 Å². The summed E-state index contributed by atoms with van der Waals surface area (Å²) < 4.78 is 6.04. The Morgan fingerprint density at radius 1 is 1.15 bits per heavy atom. The first-order chi connectivity index (χ1) is 9.65. The fourth-order valence-electron chi connectivity index (χ4n) is 2.10. The van der Waals surface area contributed by atoms with Gasteiger partial charge in [0.25, 0.3) is 0 Å². The maximum atomic E-state index is 6.04. The molecule has 0 heterocycles. The molecule has 0 aliphatic heterocycles. The number of nitrogens with two attached hydrogens (primary N) is 1. The van der Waals surface area contributed by atoms with Crippen LogP contribution in [-0.2, 0) is 6.54 Å². The van der Waals surface area contributed by atoms with Crippen molar-refractivity contribution in [2.45, 2.75) is 31.2 Å². The lowest BCUT2D eigenvalue weighted by atomic mass is 10.0. The van der Waals surface area contributed by atoms with Crippen molar-refractivity contribution in [3.63, 3.8) is 0 Å². The van der Waals surface area contributed by atoms with Crippen LogP contribution in [0, 0.1) is 0 Å². The first kappa shape index (κ1) is 14.9. The van der Waals surface area contributed by atoms with Gasteiger partial charge >= 0.3 is 0 Å². The topological polar surface area (TPSA) is 35.2 Å². The van der Waals surface area contributed by atoms with Gasteiger partial charge in [-0.1, -0.05) is 32.0 Å². The lowest BCUT2D eigenvalue weighted by Crippen LogP contribution is -2.01. The Morgan fingerprint density at radius 3 is 2.55 bits per heavy atom. The van der Waals surface area contributed by atoms with Crippen molar-refractivity contribution in [2.75, 3.05) is 6.26 Å². The molecule has 3 heteroatoms. The van der Waals surface area contributed by atoms with Crippen LogP contribution in [0.2, 0.25) is 0 Å². The summed E-state index contributed by atoms with van der Waals surface area (Å²) in [5.74, 6) is 2.20. The zero-order valence-corrected chi connectivity index (χ0v) is 13.0. The van der Waals surface area contributed by atoms with Gasteiger partial charge in [0.2, 0.25) is 0 Å². The molecule has 0 atom stereocenters. The van der Waals surface area contributed by atoms with E-state index in [9.17, 15) is 0 Å². The predicted molar refractivity (Wildman–Crippen MR) is 86.7 cm³/mol. The highest BCUT2D eigenvalue weighted by molar-refractivity contribution is 7.98. The van der Waals surface area contributed by atoms with Crippen molar-refractivity contribution < 1.29 is 4.74 Å². The molecule has 2 nitrogen and oxygen atoms in total. The zero-order chi connectivity index (χ0) is 14.5. The summed E-state index contributed by atoms with van der Waals surface area (Å²) in [6.45, 7) is 4.84. The largest absolute Gasteiger partial charge is 0.457 e. The van der Waals surface area contributed by atoms with Crippen molar-refractivity contribution in [1.29, 1.82) is 0 Å². The maximum absolute atomic E-state index is 6.04. The molecular weight excluding hydrogens is 266 g/mol. The van der Waals surface area contributed by atoms with Crippen LogP contribution in [-0.4, -0.2) is 6.26 Å². The average molecular weight is 287 g/mol. The molecule has 2 N–H and O–H groups in total. The summed E-state index contributed by atoms with van der Waals surface area (Å²) in [5, 5.41) is 0. The van der Waals surface area contributed by atoms with Gasteiger partial charge in [0.15, 0.2) is 0 Å². The Morgan fingerprint density at radius 2 is 1.90 bits per heavy atom. The minimum absolute atomic E-state index is 0.482. The van der Waals surface area contributed by atoms with E-state index in [1.54, 1.807) is 11.8 Å². The highest BCUT2D eigenvalue weighted by atomic mass is 32.2. The van der Waals surface area contributed by atoms with Crippen molar-refractivity contribution >= 4 is 11.8 Å². The smallest absolute Gasteiger partial charge is 0.133 e. The van der Waals surface area contributed by atoms with E-state index in [2.05, 4.69) is 38.3 Å². The van der Waals surface area contributed by atoms with Gasteiger partial charge in [-0.2, -0.15) is 0 Å². The minimum atomic E-state index is 0.482. The monoisotopic (exact) mass is 287 g/mol. The molecule has 106 valence electrons. The second kappa shape index (κ2) is 6.82. The third-order valence-electron chi connectivity index (χ3n) is 3.27. The summed E-state index contributed by atoms with van der Waals surface area (Å²) in [6.07, 6.45) is 2.05. The van der Waals surface area contributed by atoms with Crippen LogP contribution in [0.25, 0.3) is 0 Å². The molecule has 0 saturated heterocycles. The number of hydrogen-bond donors (Lipinski definition) is 1. The molecule has 0 aliphatic rings. The number of ether oxygens (including phenoxy) is 1. The van der Waals surface area contributed by atoms with E-state index >= 15 is 0 Å². The lowest BCUT2D eigenvalue weighted by Gasteiger charge is -2.14. The second-order valence-electron chi connectivity index (χ2n) is 4.97. The Bertz CT molecular complexity index is 581. The Balaban J connectivity index is 2.32. The Kier molecular flexibility index (Phi) is 5.10. The molecule has 2 aromatic carbocycles. The van der Waals surface area contributed by atoms with Gasteiger partial charge in [0, 0.05) is 17.0 Å². The van der Waals surface area contributed by atoms with Crippen LogP contribution in [0.5, 0.6) is 11.5 Å². The first-order valence-electron chi connectivity index (χ1n) is 6.79.